The van der Waals surface area contributed by atoms with Crippen molar-refractivity contribution in [3.63, 3.8) is 0 Å². The highest BCUT2D eigenvalue weighted by Crippen LogP contribution is 2.23. The summed E-state index contributed by atoms with van der Waals surface area (Å²) in [5.74, 6) is 0.240. The van der Waals surface area contributed by atoms with Gasteiger partial charge in [0, 0.05) is 5.92 Å². The van der Waals surface area contributed by atoms with Crippen LogP contribution in [0.4, 0.5) is 0 Å². The number of benzene rings is 1. The van der Waals surface area contributed by atoms with E-state index in [1.54, 1.807) is 0 Å². The van der Waals surface area contributed by atoms with Crippen LogP contribution in [0.2, 0.25) is 0 Å². The number of aryl methyl sites for hydroxylation is 1. The molecule has 0 bridgehead atoms. The summed E-state index contributed by atoms with van der Waals surface area (Å²) in [6.45, 7) is 1.80. The van der Waals surface area contributed by atoms with Crippen LogP contribution in [0.1, 0.15) is 37.7 Å². The molecular weight excluding hydrogens is 268 g/mol. The van der Waals surface area contributed by atoms with Gasteiger partial charge in [0.15, 0.2) is 6.61 Å². The topological polar surface area (TPSA) is 67.4 Å². The van der Waals surface area contributed by atoms with E-state index < -0.39 is 0 Å². The molecule has 2 amide bonds. The number of nitrogens with one attached hydrogen (secondary N) is 2. The van der Waals surface area contributed by atoms with Crippen LogP contribution in [-0.4, -0.2) is 18.4 Å². The molecule has 1 aromatic carbocycles. The van der Waals surface area contributed by atoms with Crippen molar-refractivity contribution in [3.05, 3.63) is 29.8 Å². The summed E-state index contributed by atoms with van der Waals surface area (Å²) in [5.41, 5.74) is 5.86. The second kappa shape index (κ2) is 7.67. The molecule has 21 heavy (non-hydrogen) atoms. The maximum atomic E-state index is 11.9. The number of hydrogen-bond donors (Lipinski definition) is 2. The van der Waals surface area contributed by atoms with E-state index in [1.807, 2.05) is 31.2 Å². The summed E-state index contributed by atoms with van der Waals surface area (Å²) < 4.78 is 5.41. The van der Waals surface area contributed by atoms with Gasteiger partial charge in [-0.3, -0.25) is 20.4 Å². The zero-order valence-corrected chi connectivity index (χ0v) is 12.4. The summed E-state index contributed by atoms with van der Waals surface area (Å²) in [6.07, 6.45) is 5.17. The first-order valence-corrected chi connectivity index (χ1v) is 7.44. The SMILES string of the molecule is Cc1ccccc1OCC(=O)NNC(=O)C1CCCCC1. The lowest BCUT2D eigenvalue weighted by Gasteiger charge is -2.20. The maximum Gasteiger partial charge on any atom is 0.276 e. The summed E-state index contributed by atoms with van der Waals surface area (Å²) in [5, 5.41) is 0. The third-order valence-electron chi connectivity index (χ3n) is 3.75. The van der Waals surface area contributed by atoms with Crippen molar-refractivity contribution < 1.29 is 14.3 Å². The van der Waals surface area contributed by atoms with Gasteiger partial charge in [-0.1, -0.05) is 37.5 Å². The summed E-state index contributed by atoms with van der Waals surface area (Å²) in [7, 11) is 0. The molecule has 0 spiro atoms. The smallest absolute Gasteiger partial charge is 0.276 e. The van der Waals surface area contributed by atoms with E-state index in [-0.39, 0.29) is 24.3 Å². The van der Waals surface area contributed by atoms with Gasteiger partial charge in [0.25, 0.3) is 5.91 Å². The van der Waals surface area contributed by atoms with E-state index >= 15 is 0 Å². The van der Waals surface area contributed by atoms with Crippen molar-refractivity contribution in [1.29, 1.82) is 0 Å². The first-order valence-electron chi connectivity index (χ1n) is 7.44. The molecule has 1 saturated carbocycles. The normalized spacial score (nSPS) is 15.3. The van der Waals surface area contributed by atoms with Gasteiger partial charge >= 0.3 is 0 Å². The van der Waals surface area contributed by atoms with Crippen molar-refractivity contribution in [2.24, 2.45) is 5.92 Å². The molecule has 2 N–H and O–H groups in total. The number of ether oxygens (including phenoxy) is 1. The molecule has 0 aromatic heterocycles. The Kier molecular flexibility index (Phi) is 5.60. The minimum absolute atomic E-state index is 0.0244. The third kappa shape index (κ3) is 4.77. The fraction of sp³-hybridized carbons (Fsp3) is 0.500. The monoisotopic (exact) mass is 290 g/mol. The van der Waals surface area contributed by atoms with Gasteiger partial charge in [-0.05, 0) is 31.4 Å². The number of hydrazine groups is 1. The van der Waals surface area contributed by atoms with Gasteiger partial charge in [0.1, 0.15) is 5.75 Å². The predicted octanol–water partition coefficient (Wildman–Crippen LogP) is 2.10. The molecule has 1 aromatic rings. The minimum Gasteiger partial charge on any atom is -0.483 e. The highest BCUT2D eigenvalue weighted by Gasteiger charge is 2.21. The van der Waals surface area contributed by atoms with Crippen molar-refractivity contribution in [3.8, 4) is 5.75 Å². The van der Waals surface area contributed by atoms with Crippen LogP contribution in [0.15, 0.2) is 24.3 Å². The van der Waals surface area contributed by atoms with Gasteiger partial charge in [-0.25, -0.2) is 0 Å². The van der Waals surface area contributed by atoms with E-state index in [4.69, 9.17) is 4.74 Å². The molecule has 2 rings (SSSR count). The Hall–Kier alpha value is -2.04. The van der Waals surface area contributed by atoms with Gasteiger partial charge in [0.2, 0.25) is 5.91 Å². The van der Waals surface area contributed by atoms with E-state index in [0.29, 0.717) is 5.75 Å². The minimum atomic E-state index is -0.359. The number of carbonyl (C=O) groups is 2. The van der Waals surface area contributed by atoms with Gasteiger partial charge in [-0.15, -0.1) is 0 Å². The first kappa shape index (κ1) is 15.4. The fourth-order valence-corrected chi connectivity index (χ4v) is 2.50. The van der Waals surface area contributed by atoms with Crippen LogP contribution < -0.4 is 15.6 Å². The highest BCUT2D eigenvalue weighted by atomic mass is 16.5. The van der Waals surface area contributed by atoms with Crippen LogP contribution in [-0.2, 0) is 9.59 Å². The van der Waals surface area contributed by atoms with Crippen molar-refractivity contribution >= 4 is 11.8 Å². The lowest BCUT2D eigenvalue weighted by molar-refractivity contribution is -0.132. The van der Waals surface area contributed by atoms with Gasteiger partial charge in [0.05, 0.1) is 0 Å². The predicted molar refractivity (Wildman–Crippen MR) is 79.5 cm³/mol. The van der Waals surface area contributed by atoms with Crippen molar-refractivity contribution in [2.75, 3.05) is 6.61 Å². The quantitative estimate of drug-likeness (QED) is 0.835. The summed E-state index contributed by atoms with van der Waals surface area (Å²) >= 11 is 0. The van der Waals surface area contributed by atoms with Crippen LogP contribution in [0.5, 0.6) is 5.75 Å². The lowest BCUT2D eigenvalue weighted by Crippen LogP contribution is -2.46. The molecule has 0 saturated heterocycles. The summed E-state index contributed by atoms with van der Waals surface area (Å²) in [6, 6.07) is 7.49. The zero-order chi connectivity index (χ0) is 15.1. The Morgan fingerprint density at radius 3 is 2.57 bits per heavy atom. The second-order valence-electron chi connectivity index (χ2n) is 5.43. The molecule has 0 radical (unpaired) electrons. The molecule has 0 aliphatic heterocycles. The standard InChI is InChI=1S/C16H22N2O3/c1-12-7-5-6-10-14(12)21-11-15(19)17-18-16(20)13-8-3-2-4-9-13/h5-7,10,13H,2-4,8-9,11H2,1H3,(H,17,19)(H,18,20). The average Bonchev–Trinajstić information content (AvgIpc) is 2.52. The number of para-hydroxylation sites is 1. The average molecular weight is 290 g/mol. The largest absolute Gasteiger partial charge is 0.483 e. The number of amides is 2. The van der Waals surface area contributed by atoms with Crippen LogP contribution >= 0.6 is 0 Å². The molecule has 0 atom stereocenters. The first-order chi connectivity index (χ1) is 10.2. The Labute approximate surface area is 125 Å². The Morgan fingerprint density at radius 2 is 1.86 bits per heavy atom. The summed E-state index contributed by atoms with van der Waals surface area (Å²) in [4.78, 5) is 23.5. The molecule has 1 aliphatic carbocycles. The van der Waals surface area contributed by atoms with Gasteiger partial charge < -0.3 is 4.74 Å². The third-order valence-corrected chi connectivity index (χ3v) is 3.75. The van der Waals surface area contributed by atoms with Gasteiger partial charge in [-0.2, -0.15) is 0 Å². The van der Waals surface area contributed by atoms with E-state index in [1.165, 1.54) is 6.42 Å². The molecular formula is C16H22N2O3. The number of rotatable bonds is 4. The number of hydrogen-bond acceptors (Lipinski definition) is 3. The lowest BCUT2D eigenvalue weighted by atomic mass is 9.89. The second-order valence-corrected chi connectivity index (χ2v) is 5.43. The Balaban J connectivity index is 1.70. The van der Waals surface area contributed by atoms with E-state index in [2.05, 4.69) is 10.9 Å². The van der Waals surface area contributed by atoms with Crippen LogP contribution in [0, 0.1) is 12.8 Å². The Morgan fingerprint density at radius 1 is 1.14 bits per heavy atom. The maximum absolute atomic E-state index is 11.9. The molecule has 5 nitrogen and oxygen atoms in total. The Bertz CT molecular complexity index is 496. The van der Waals surface area contributed by atoms with E-state index in [9.17, 15) is 9.59 Å². The number of carbonyl (C=O) groups excluding carboxylic acids is 2. The molecule has 5 heteroatoms. The molecule has 1 aliphatic rings. The van der Waals surface area contributed by atoms with Crippen LogP contribution in [0.3, 0.4) is 0 Å². The molecule has 0 unspecified atom stereocenters. The van der Waals surface area contributed by atoms with Crippen molar-refractivity contribution in [2.45, 2.75) is 39.0 Å². The molecule has 1 fully saturated rings. The fourth-order valence-electron chi connectivity index (χ4n) is 2.50. The molecule has 114 valence electrons. The molecule has 0 heterocycles. The van der Waals surface area contributed by atoms with Crippen molar-refractivity contribution in [1.82, 2.24) is 10.9 Å². The van der Waals surface area contributed by atoms with E-state index in [0.717, 1.165) is 31.2 Å². The van der Waals surface area contributed by atoms with Crippen LogP contribution in [0.25, 0.3) is 0 Å². The highest BCUT2D eigenvalue weighted by molar-refractivity contribution is 5.84. The zero-order valence-electron chi connectivity index (χ0n) is 12.4.